The molecule has 0 spiro atoms. The minimum absolute atomic E-state index is 0.0192. The monoisotopic (exact) mass is 324 g/mol. The Labute approximate surface area is 140 Å². The predicted octanol–water partition coefficient (Wildman–Crippen LogP) is 2.31. The SMILES string of the molecule is OCCOc1ccc(NCc2cnn(Cc3ccccc3)c2)cn1. The van der Waals surface area contributed by atoms with E-state index >= 15 is 0 Å². The highest BCUT2D eigenvalue weighted by molar-refractivity contribution is 5.42. The molecule has 3 rings (SSSR count). The fraction of sp³-hybridized carbons (Fsp3) is 0.222. The first-order valence-corrected chi connectivity index (χ1v) is 7.82. The van der Waals surface area contributed by atoms with Crippen molar-refractivity contribution >= 4 is 5.69 Å². The number of benzene rings is 1. The van der Waals surface area contributed by atoms with Crippen LogP contribution in [0, 0.1) is 0 Å². The number of aliphatic hydroxyl groups is 1. The molecular weight excluding hydrogens is 304 g/mol. The molecule has 0 aliphatic heterocycles. The van der Waals surface area contributed by atoms with Crippen molar-refractivity contribution in [1.29, 1.82) is 0 Å². The summed E-state index contributed by atoms with van der Waals surface area (Å²) in [5.74, 6) is 0.505. The Morgan fingerprint density at radius 2 is 1.92 bits per heavy atom. The fourth-order valence-corrected chi connectivity index (χ4v) is 2.28. The molecule has 2 N–H and O–H groups in total. The van der Waals surface area contributed by atoms with Gasteiger partial charge in [0.2, 0.25) is 5.88 Å². The first-order valence-electron chi connectivity index (χ1n) is 7.82. The van der Waals surface area contributed by atoms with Crippen molar-refractivity contribution in [2.75, 3.05) is 18.5 Å². The maximum Gasteiger partial charge on any atom is 0.213 e. The number of nitrogens with zero attached hydrogens (tertiary/aromatic N) is 3. The van der Waals surface area contributed by atoms with Gasteiger partial charge in [-0.2, -0.15) is 5.10 Å². The maximum atomic E-state index is 8.71. The zero-order chi connectivity index (χ0) is 16.6. The van der Waals surface area contributed by atoms with E-state index in [2.05, 4.69) is 27.5 Å². The summed E-state index contributed by atoms with van der Waals surface area (Å²) in [5, 5.41) is 16.4. The van der Waals surface area contributed by atoms with Crippen LogP contribution in [0.1, 0.15) is 11.1 Å². The zero-order valence-electron chi connectivity index (χ0n) is 13.3. The van der Waals surface area contributed by atoms with Crippen LogP contribution in [0.25, 0.3) is 0 Å². The Balaban J connectivity index is 1.51. The molecule has 0 aliphatic carbocycles. The summed E-state index contributed by atoms with van der Waals surface area (Å²) in [5.41, 5.74) is 3.23. The Hall–Kier alpha value is -2.86. The molecule has 0 saturated carbocycles. The second kappa shape index (κ2) is 8.12. The number of ether oxygens (including phenoxy) is 1. The second-order valence-electron chi connectivity index (χ2n) is 5.34. The van der Waals surface area contributed by atoms with E-state index in [1.54, 1.807) is 12.3 Å². The highest BCUT2D eigenvalue weighted by Gasteiger charge is 2.01. The summed E-state index contributed by atoms with van der Waals surface area (Å²) in [7, 11) is 0. The number of nitrogens with one attached hydrogen (secondary N) is 1. The van der Waals surface area contributed by atoms with Crippen LogP contribution in [-0.4, -0.2) is 33.1 Å². The molecule has 2 aromatic heterocycles. The predicted molar refractivity (Wildman–Crippen MR) is 91.9 cm³/mol. The van der Waals surface area contributed by atoms with Crippen LogP contribution in [0.5, 0.6) is 5.88 Å². The van der Waals surface area contributed by atoms with E-state index in [4.69, 9.17) is 9.84 Å². The number of aromatic nitrogens is 3. The van der Waals surface area contributed by atoms with Gasteiger partial charge >= 0.3 is 0 Å². The first-order chi connectivity index (χ1) is 11.8. The van der Waals surface area contributed by atoms with Crippen molar-refractivity contribution in [3.8, 4) is 5.88 Å². The molecule has 0 fully saturated rings. The van der Waals surface area contributed by atoms with E-state index in [-0.39, 0.29) is 13.2 Å². The van der Waals surface area contributed by atoms with Gasteiger partial charge in [-0.05, 0) is 11.6 Å². The lowest BCUT2D eigenvalue weighted by molar-refractivity contribution is 0.196. The maximum absolute atomic E-state index is 8.71. The first kappa shape index (κ1) is 16.0. The van der Waals surface area contributed by atoms with Gasteiger partial charge in [-0.15, -0.1) is 0 Å². The molecule has 0 saturated heterocycles. The molecule has 2 heterocycles. The smallest absolute Gasteiger partial charge is 0.213 e. The standard InChI is InChI=1S/C18H20N4O2/c23-8-9-24-18-7-6-17(12-20-18)19-10-16-11-21-22(14-16)13-15-4-2-1-3-5-15/h1-7,11-12,14,19,23H,8-10,13H2. The minimum Gasteiger partial charge on any atom is -0.475 e. The van der Waals surface area contributed by atoms with E-state index in [0.717, 1.165) is 17.8 Å². The van der Waals surface area contributed by atoms with Crippen molar-refractivity contribution in [2.45, 2.75) is 13.1 Å². The largest absolute Gasteiger partial charge is 0.475 e. The van der Waals surface area contributed by atoms with Crippen molar-refractivity contribution < 1.29 is 9.84 Å². The molecule has 0 bridgehead atoms. The van der Waals surface area contributed by atoms with Crippen molar-refractivity contribution in [1.82, 2.24) is 14.8 Å². The molecule has 0 unspecified atom stereocenters. The highest BCUT2D eigenvalue weighted by Crippen LogP contribution is 2.13. The van der Waals surface area contributed by atoms with E-state index in [9.17, 15) is 0 Å². The lowest BCUT2D eigenvalue weighted by Crippen LogP contribution is -2.04. The number of anilines is 1. The number of pyridine rings is 1. The van der Waals surface area contributed by atoms with Crippen LogP contribution in [0.3, 0.4) is 0 Å². The van der Waals surface area contributed by atoms with E-state index in [0.29, 0.717) is 12.4 Å². The second-order valence-corrected chi connectivity index (χ2v) is 5.34. The molecule has 6 heteroatoms. The van der Waals surface area contributed by atoms with Gasteiger partial charge in [-0.1, -0.05) is 30.3 Å². The lowest BCUT2D eigenvalue weighted by Gasteiger charge is -2.06. The summed E-state index contributed by atoms with van der Waals surface area (Å²) in [6.45, 7) is 1.67. The molecule has 24 heavy (non-hydrogen) atoms. The lowest BCUT2D eigenvalue weighted by atomic mass is 10.2. The quantitative estimate of drug-likeness (QED) is 0.665. The molecule has 6 nitrogen and oxygen atoms in total. The Morgan fingerprint density at radius 3 is 2.67 bits per heavy atom. The number of rotatable bonds is 8. The van der Waals surface area contributed by atoms with Crippen LogP contribution in [0.15, 0.2) is 61.1 Å². The summed E-state index contributed by atoms with van der Waals surface area (Å²) >= 11 is 0. The van der Waals surface area contributed by atoms with E-state index < -0.39 is 0 Å². The fourth-order valence-electron chi connectivity index (χ4n) is 2.28. The topological polar surface area (TPSA) is 72.2 Å². The van der Waals surface area contributed by atoms with E-state index in [1.165, 1.54) is 5.56 Å². The van der Waals surface area contributed by atoms with Gasteiger partial charge in [-0.3, -0.25) is 4.68 Å². The molecule has 124 valence electrons. The summed E-state index contributed by atoms with van der Waals surface area (Å²) < 4.78 is 7.16. The minimum atomic E-state index is -0.0192. The van der Waals surface area contributed by atoms with Gasteiger partial charge in [0.1, 0.15) is 6.61 Å². The average Bonchev–Trinajstić information content (AvgIpc) is 3.07. The van der Waals surface area contributed by atoms with Gasteiger partial charge in [-0.25, -0.2) is 4.98 Å². The number of hydrogen-bond donors (Lipinski definition) is 2. The van der Waals surface area contributed by atoms with Gasteiger partial charge in [0.15, 0.2) is 0 Å². The highest BCUT2D eigenvalue weighted by atomic mass is 16.5. The Kier molecular flexibility index (Phi) is 5.42. The normalized spacial score (nSPS) is 10.5. The van der Waals surface area contributed by atoms with Crippen LogP contribution >= 0.6 is 0 Å². The number of hydrogen-bond acceptors (Lipinski definition) is 5. The van der Waals surface area contributed by atoms with Crippen LogP contribution < -0.4 is 10.1 Å². The average molecular weight is 324 g/mol. The molecule has 0 radical (unpaired) electrons. The molecular formula is C18H20N4O2. The van der Waals surface area contributed by atoms with Crippen LogP contribution in [0.4, 0.5) is 5.69 Å². The molecule has 3 aromatic rings. The summed E-state index contributed by atoms with van der Waals surface area (Å²) in [6, 6.07) is 13.9. The van der Waals surface area contributed by atoms with Crippen molar-refractivity contribution in [3.63, 3.8) is 0 Å². The van der Waals surface area contributed by atoms with Crippen LogP contribution in [0.2, 0.25) is 0 Å². The molecule has 1 aromatic carbocycles. The third kappa shape index (κ3) is 4.57. The molecule has 0 aliphatic rings. The zero-order valence-corrected chi connectivity index (χ0v) is 13.3. The number of aliphatic hydroxyl groups excluding tert-OH is 1. The van der Waals surface area contributed by atoms with Crippen LogP contribution in [-0.2, 0) is 13.1 Å². The van der Waals surface area contributed by atoms with E-state index in [1.807, 2.05) is 41.3 Å². The van der Waals surface area contributed by atoms with Gasteiger partial charge in [0, 0.05) is 24.4 Å². The van der Waals surface area contributed by atoms with Crippen molar-refractivity contribution in [2.24, 2.45) is 0 Å². The van der Waals surface area contributed by atoms with Gasteiger partial charge in [0.25, 0.3) is 0 Å². The summed E-state index contributed by atoms with van der Waals surface area (Å²) in [4.78, 5) is 4.17. The van der Waals surface area contributed by atoms with Gasteiger partial charge in [0.05, 0.1) is 31.2 Å². The van der Waals surface area contributed by atoms with Gasteiger partial charge < -0.3 is 15.2 Å². The molecule has 0 atom stereocenters. The Morgan fingerprint density at radius 1 is 1.04 bits per heavy atom. The third-order valence-electron chi connectivity index (χ3n) is 3.45. The van der Waals surface area contributed by atoms with Crippen molar-refractivity contribution in [3.05, 3.63) is 72.2 Å². The summed E-state index contributed by atoms with van der Waals surface area (Å²) in [6.07, 6.45) is 5.61. The Bertz CT molecular complexity index is 741. The molecule has 0 amide bonds. The third-order valence-corrected chi connectivity index (χ3v) is 3.45.